The number of phenols is 1. The van der Waals surface area contributed by atoms with Crippen molar-refractivity contribution in [1.82, 2.24) is 0 Å². The van der Waals surface area contributed by atoms with E-state index in [1.54, 1.807) is 42.5 Å². The Bertz CT molecular complexity index is 748. The Morgan fingerprint density at radius 1 is 1.19 bits per heavy atom. The minimum Gasteiger partial charge on any atom is -0.507 e. The van der Waals surface area contributed by atoms with Crippen molar-refractivity contribution in [3.05, 3.63) is 64.7 Å². The van der Waals surface area contributed by atoms with E-state index in [1.807, 2.05) is 6.07 Å². The number of hydrogen-bond donors (Lipinski definition) is 2. The monoisotopic (exact) mass is 298 g/mol. The summed E-state index contributed by atoms with van der Waals surface area (Å²) >= 11 is 5.94. The first-order valence-electron chi connectivity index (χ1n) is 6.07. The van der Waals surface area contributed by atoms with E-state index in [4.69, 9.17) is 16.9 Å². The SMILES string of the molecule is N#C/C(=C\c1ccccc1O)C(=O)Nc1ccccc1Cl. The molecule has 5 heteroatoms. The van der Waals surface area contributed by atoms with E-state index in [9.17, 15) is 9.90 Å². The van der Waals surface area contributed by atoms with Crippen LogP contribution in [-0.4, -0.2) is 11.0 Å². The van der Waals surface area contributed by atoms with Gasteiger partial charge in [-0.25, -0.2) is 0 Å². The van der Waals surface area contributed by atoms with Crippen LogP contribution in [-0.2, 0) is 4.79 Å². The second kappa shape index (κ2) is 6.60. The molecular weight excluding hydrogens is 288 g/mol. The van der Waals surface area contributed by atoms with Gasteiger partial charge in [0.2, 0.25) is 0 Å². The number of nitrogens with zero attached hydrogens (tertiary/aromatic N) is 1. The van der Waals surface area contributed by atoms with Gasteiger partial charge in [-0.15, -0.1) is 0 Å². The molecule has 0 aliphatic carbocycles. The number of nitriles is 1. The van der Waals surface area contributed by atoms with Crippen molar-refractivity contribution in [1.29, 1.82) is 5.26 Å². The van der Waals surface area contributed by atoms with Crippen LogP contribution in [0.3, 0.4) is 0 Å². The van der Waals surface area contributed by atoms with Crippen molar-refractivity contribution in [2.75, 3.05) is 5.32 Å². The molecule has 0 unspecified atom stereocenters. The highest BCUT2D eigenvalue weighted by Crippen LogP contribution is 2.22. The van der Waals surface area contributed by atoms with Gasteiger partial charge >= 0.3 is 0 Å². The molecule has 0 fully saturated rings. The molecule has 21 heavy (non-hydrogen) atoms. The van der Waals surface area contributed by atoms with Crippen LogP contribution in [0.1, 0.15) is 5.56 Å². The molecule has 0 bridgehead atoms. The lowest BCUT2D eigenvalue weighted by Crippen LogP contribution is -2.13. The van der Waals surface area contributed by atoms with E-state index in [-0.39, 0.29) is 11.3 Å². The van der Waals surface area contributed by atoms with Gasteiger partial charge in [-0.1, -0.05) is 41.9 Å². The van der Waals surface area contributed by atoms with E-state index in [2.05, 4.69) is 5.32 Å². The van der Waals surface area contributed by atoms with Crippen molar-refractivity contribution >= 4 is 29.3 Å². The van der Waals surface area contributed by atoms with Gasteiger partial charge in [0.15, 0.2) is 0 Å². The number of phenolic OH excluding ortho intramolecular Hbond substituents is 1. The molecule has 2 aromatic carbocycles. The highest BCUT2D eigenvalue weighted by molar-refractivity contribution is 6.34. The summed E-state index contributed by atoms with van der Waals surface area (Å²) in [7, 11) is 0. The first kappa shape index (κ1) is 14.6. The minimum atomic E-state index is -0.589. The molecule has 1 amide bonds. The lowest BCUT2D eigenvalue weighted by Gasteiger charge is -2.06. The van der Waals surface area contributed by atoms with Crippen LogP contribution in [0.4, 0.5) is 5.69 Å². The number of rotatable bonds is 3. The Morgan fingerprint density at radius 2 is 1.86 bits per heavy atom. The molecule has 4 nitrogen and oxygen atoms in total. The summed E-state index contributed by atoms with van der Waals surface area (Å²) < 4.78 is 0. The molecule has 2 aromatic rings. The number of halogens is 1. The van der Waals surface area contributed by atoms with Crippen molar-refractivity contribution in [3.8, 4) is 11.8 Å². The van der Waals surface area contributed by atoms with E-state index in [0.717, 1.165) is 0 Å². The number of carbonyl (C=O) groups excluding carboxylic acids is 1. The second-order valence-electron chi connectivity index (χ2n) is 4.16. The standard InChI is InChI=1S/C16H11ClN2O2/c17-13-6-2-3-7-14(13)19-16(21)12(10-18)9-11-5-1-4-8-15(11)20/h1-9,20H,(H,19,21)/b12-9+. The topological polar surface area (TPSA) is 73.1 Å². The third kappa shape index (κ3) is 3.62. The lowest BCUT2D eigenvalue weighted by atomic mass is 10.1. The largest absolute Gasteiger partial charge is 0.507 e. The van der Waals surface area contributed by atoms with Crippen LogP contribution >= 0.6 is 11.6 Å². The van der Waals surface area contributed by atoms with E-state index >= 15 is 0 Å². The number of nitrogens with one attached hydrogen (secondary N) is 1. The van der Waals surface area contributed by atoms with Gasteiger partial charge in [-0.2, -0.15) is 5.26 Å². The molecule has 2 N–H and O–H groups in total. The van der Waals surface area contributed by atoms with Crippen molar-refractivity contribution in [2.24, 2.45) is 0 Å². The Morgan fingerprint density at radius 3 is 2.52 bits per heavy atom. The summed E-state index contributed by atoms with van der Waals surface area (Å²) in [6, 6.07) is 15.0. The number of hydrogen-bond acceptors (Lipinski definition) is 3. The van der Waals surface area contributed by atoms with E-state index < -0.39 is 5.91 Å². The fourth-order valence-electron chi connectivity index (χ4n) is 1.67. The average Bonchev–Trinajstić information content (AvgIpc) is 2.48. The zero-order valence-corrected chi connectivity index (χ0v) is 11.6. The quantitative estimate of drug-likeness (QED) is 0.672. The minimum absolute atomic E-state index is 0.00389. The summed E-state index contributed by atoms with van der Waals surface area (Å²) in [5.41, 5.74) is 0.683. The third-order valence-corrected chi connectivity index (χ3v) is 3.05. The van der Waals surface area contributed by atoms with Gasteiger partial charge in [0.05, 0.1) is 10.7 Å². The fourth-order valence-corrected chi connectivity index (χ4v) is 1.85. The lowest BCUT2D eigenvalue weighted by molar-refractivity contribution is -0.112. The van der Waals surface area contributed by atoms with Crippen LogP contribution in [0.5, 0.6) is 5.75 Å². The van der Waals surface area contributed by atoms with Crippen molar-refractivity contribution < 1.29 is 9.90 Å². The summed E-state index contributed by atoms with van der Waals surface area (Å²) in [4.78, 5) is 12.1. The summed E-state index contributed by atoms with van der Waals surface area (Å²) in [5, 5.41) is 21.7. The number of para-hydroxylation sites is 2. The third-order valence-electron chi connectivity index (χ3n) is 2.72. The predicted molar refractivity (Wildman–Crippen MR) is 81.8 cm³/mol. The first-order valence-corrected chi connectivity index (χ1v) is 6.45. The smallest absolute Gasteiger partial charge is 0.266 e. The van der Waals surface area contributed by atoms with Gasteiger partial charge < -0.3 is 10.4 Å². The zero-order valence-electron chi connectivity index (χ0n) is 10.9. The highest BCUT2D eigenvalue weighted by Gasteiger charge is 2.11. The predicted octanol–water partition coefficient (Wildman–Crippen LogP) is 3.59. The zero-order chi connectivity index (χ0) is 15.2. The molecular formula is C16H11ClN2O2. The summed E-state index contributed by atoms with van der Waals surface area (Å²) in [6.45, 7) is 0. The van der Waals surface area contributed by atoms with Crippen molar-refractivity contribution in [2.45, 2.75) is 0 Å². The maximum atomic E-state index is 12.1. The molecule has 0 saturated carbocycles. The number of carbonyl (C=O) groups is 1. The molecule has 104 valence electrons. The molecule has 0 aliphatic heterocycles. The fraction of sp³-hybridized carbons (Fsp3) is 0. The Labute approximate surface area is 126 Å². The van der Waals surface area contributed by atoms with Gasteiger partial charge in [0.1, 0.15) is 17.4 Å². The van der Waals surface area contributed by atoms with Gasteiger partial charge in [0, 0.05) is 5.56 Å². The van der Waals surface area contributed by atoms with Crippen molar-refractivity contribution in [3.63, 3.8) is 0 Å². The first-order chi connectivity index (χ1) is 10.1. The normalized spacial score (nSPS) is 10.8. The number of benzene rings is 2. The number of amides is 1. The van der Waals surface area contributed by atoms with Gasteiger partial charge in [-0.3, -0.25) is 4.79 Å². The highest BCUT2D eigenvalue weighted by atomic mass is 35.5. The Balaban J connectivity index is 2.26. The number of aromatic hydroxyl groups is 1. The van der Waals surface area contributed by atoms with Crippen LogP contribution in [0, 0.1) is 11.3 Å². The Kier molecular flexibility index (Phi) is 4.60. The molecule has 0 spiro atoms. The van der Waals surface area contributed by atoms with Crippen LogP contribution in [0.2, 0.25) is 5.02 Å². The molecule has 0 atom stereocenters. The van der Waals surface area contributed by atoms with E-state index in [0.29, 0.717) is 16.3 Å². The summed E-state index contributed by atoms with van der Waals surface area (Å²) in [6.07, 6.45) is 1.32. The van der Waals surface area contributed by atoms with E-state index in [1.165, 1.54) is 12.1 Å². The molecule has 0 aliphatic rings. The van der Waals surface area contributed by atoms with Crippen LogP contribution in [0.25, 0.3) is 6.08 Å². The maximum Gasteiger partial charge on any atom is 0.266 e. The molecule has 0 heterocycles. The maximum absolute atomic E-state index is 12.1. The molecule has 0 aromatic heterocycles. The molecule has 0 saturated heterocycles. The average molecular weight is 299 g/mol. The van der Waals surface area contributed by atoms with Gasteiger partial charge in [-0.05, 0) is 24.3 Å². The Hall–Kier alpha value is -2.77. The summed E-state index contributed by atoms with van der Waals surface area (Å²) in [5.74, 6) is -0.593. The second-order valence-corrected chi connectivity index (χ2v) is 4.57. The molecule has 2 rings (SSSR count). The van der Waals surface area contributed by atoms with Gasteiger partial charge in [0.25, 0.3) is 5.91 Å². The number of anilines is 1. The van der Waals surface area contributed by atoms with Crippen LogP contribution in [0.15, 0.2) is 54.1 Å². The van der Waals surface area contributed by atoms with Crippen LogP contribution < -0.4 is 5.32 Å². The molecule has 0 radical (unpaired) electrons.